The molecule has 0 saturated heterocycles. The second-order valence-electron chi connectivity index (χ2n) is 4.20. The van der Waals surface area contributed by atoms with Gasteiger partial charge in [-0.25, -0.2) is 0 Å². The van der Waals surface area contributed by atoms with Gasteiger partial charge in [-0.2, -0.15) is 0 Å². The lowest BCUT2D eigenvalue weighted by atomic mass is 10.1. The van der Waals surface area contributed by atoms with Crippen molar-refractivity contribution in [3.8, 4) is 0 Å². The van der Waals surface area contributed by atoms with Crippen molar-refractivity contribution in [2.45, 2.75) is 26.7 Å². The predicted octanol–water partition coefficient (Wildman–Crippen LogP) is 3.33. The molecule has 0 unspecified atom stereocenters. The van der Waals surface area contributed by atoms with Crippen LogP contribution in [0.1, 0.15) is 36.3 Å². The summed E-state index contributed by atoms with van der Waals surface area (Å²) in [4.78, 5) is 11.8. The van der Waals surface area contributed by atoms with Crippen molar-refractivity contribution in [2.24, 2.45) is 7.05 Å². The van der Waals surface area contributed by atoms with Crippen LogP contribution in [0.5, 0.6) is 0 Å². The highest BCUT2D eigenvalue weighted by atomic mass is 16.1. The van der Waals surface area contributed by atoms with Crippen LogP contribution < -0.4 is 0 Å². The number of carbonyl (C=O) groups excluding carboxylic acids is 1. The van der Waals surface area contributed by atoms with Crippen molar-refractivity contribution in [1.82, 2.24) is 4.57 Å². The summed E-state index contributed by atoms with van der Waals surface area (Å²) in [6, 6.07) is 8.11. The van der Waals surface area contributed by atoms with Crippen molar-refractivity contribution in [3.05, 3.63) is 35.5 Å². The molecule has 0 atom stereocenters. The van der Waals surface area contributed by atoms with Gasteiger partial charge < -0.3 is 4.57 Å². The molecule has 16 heavy (non-hydrogen) atoms. The predicted molar refractivity (Wildman–Crippen MR) is 66.9 cm³/mol. The van der Waals surface area contributed by atoms with Crippen LogP contribution in [0.15, 0.2) is 24.3 Å². The van der Waals surface area contributed by atoms with Crippen molar-refractivity contribution in [2.75, 3.05) is 0 Å². The summed E-state index contributed by atoms with van der Waals surface area (Å²) in [5.74, 6) is 0.167. The molecule has 0 radical (unpaired) electrons. The van der Waals surface area contributed by atoms with Crippen LogP contribution in [0.2, 0.25) is 0 Å². The molecule has 0 aliphatic rings. The molecule has 0 N–H and O–H groups in total. The minimum Gasteiger partial charge on any atom is -0.347 e. The van der Waals surface area contributed by atoms with Gasteiger partial charge in [0, 0.05) is 29.2 Å². The SMILES string of the molecule is CCCc1c(C(C)=O)c2ccccc2n1C. The Kier molecular flexibility index (Phi) is 2.82. The summed E-state index contributed by atoms with van der Waals surface area (Å²) in [6.07, 6.45) is 2.02. The molecule has 1 aromatic carbocycles. The second-order valence-corrected chi connectivity index (χ2v) is 4.20. The first-order chi connectivity index (χ1) is 7.66. The Morgan fingerprint density at radius 2 is 2.00 bits per heavy atom. The number of Topliss-reactive ketones (excluding diaryl/α,β-unsaturated/α-hetero) is 1. The normalized spacial score (nSPS) is 10.9. The van der Waals surface area contributed by atoms with Gasteiger partial charge in [0.05, 0.1) is 0 Å². The van der Waals surface area contributed by atoms with E-state index in [4.69, 9.17) is 0 Å². The first kappa shape index (κ1) is 10.9. The molecule has 0 saturated carbocycles. The number of fused-ring (bicyclic) bond motifs is 1. The van der Waals surface area contributed by atoms with E-state index in [-0.39, 0.29) is 5.78 Å². The average Bonchev–Trinajstić information content (AvgIpc) is 2.54. The lowest BCUT2D eigenvalue weighted by Gasteiger charge is -2.03. The van der Waals surface area contributed by atoms with E-state index in [0.717, 1.165) is 35.0 Å². The standard InChI is InChI=1S/C14H17NO/c1-4-7-13-14(10(2)16)11-8-5-6-9-12(11)15(13)3/h5-6,8-9H,4,7H2,1-3H3. The molecule has 0 aliphatic carbocycles. The fourth-order valence-corrected chi connectivity index (χ4v) is 2.37. The van der Waals surface area contributed by atoms with Gasteiger partial charge in [-0.3, -0.25) is 4.79 Å². The molecule has 84 valence electrons. The van der Waals surface area contributed by atoms with Crippen molar-refractivity contribution in [3.63, 3.8) is 0 Å². The van der Waals surface area contributed by atoms with E-state index < -0.39 is 0 Å². The van der Waals surface area contributed by atoms with Gasteiger partial charge in [-0.05, 0) is 19.4 Å². The Morgan fingerprint density at radius 3 is 2.62 bits per heavy atom. The van der Waals surface area contributed by atoms with Crippen molar-refractivity contribution >= 4 is 16.7 Å². The van der Waals surface area contributed by atoms with E-state index in [9.17, 15) is 4.79 Å². The Balaban J connectivity index is 2.80. The summed E-state index contributed by atoms with van der Waals surface area (Å²) < 4.78 is 2.15. The Morgan fingerprint density at radius 1 is 1.31 bits per heavy atom. The van der Waals surface area contributed by atoms with E-state index in [1.54, 1.807) is 6.92 Å². The van der Waals surface area contributed by atoms with E-state index in [1.807, 2.05) is 25.2 Å². The third-order valence-corrected chi connectivity index (χ3v) is 3.07. The van der Waals surface area contributed by atoms with Crippen molar-refractivity contribution < 1.29 is 4.79 Å². The molecule has 0 aliphatic heterocycles. The maximum atomic E-state index is 11.8. The number of rotatable bonds is 3. The molecule has 2 heteroatoms. The summed E-state index contributed by atoms with van der Waals surface area (Å²) in [5.41, 5.74) is 3.22. The number of nitrogens with zero attached hydrogens (tertiary/aromatic N) is 1. The minimum absolute atomic E-state index is 0.167. The number of para-hydroxylation sites is 1. The molecular weight excluding hydrogens is 198 g/mol. The molecule has 1 heterocycles. The first-order valence-corrected chi connectivity index (χ1v) is 5.74. The topological polar surface area (TPSA) is 22.0 Å². The summed E-state index contributed by atoms with van der Waals surface area (Å²) in [7, 11) is 2.04. The van der Waals surface area contributed by atoms with Gasteiger partial charge in [0.25, 0.3) is 0 Å². The largest absolute Gasteiger partial charge is 0.347 e. The zero-order valence-corrected chi connectivity index (χ0v) is 10.1. The minimum atomic E-state index is 0.167. The highest BCUT2D eigenvalue weighted by Crippen LogP contribution is 2.26. The number of ketones is 1. The van der Waals surface area contributed by atoms with Gasteiger partial charge in [-0.15, -0.1) is 0 Å². The molecule has 2 aromatic rings. The van der Waals surface area contributed by atoms with Crippen LogP contribution in [-0.2, 0) is 13.5 Å². The maximum absolute atomic E-state index is 11.8. The third-order valence-electron chi connectivity index (χ3n) is 3.07. The fourth-order valence-electron chi connectivity index (χ4n) is 2.37. The van der Waals surface area contributed by atoms with Gasteiger partial charge >= 0.3 is 0 Å². The first-order valence-electron chi connectivity index (χ1n) is 5.74. The molecule has 2 rings (SSSR count). The van der Waals surface area contributed by atoms with Gasteiger partial charge in [0.1, 0.15) is 0 Å². The highest BCUT2D eigenvalue weighted by molar-refractivity contribution is 6.08. The molecule has 2 nitrogen and oxygen atoms in total. The third kappa shape index (κ3) is 1.54. The van der Waals surface area contributed by atoms with Gasteiger partial charge in [0.2, 0.25) is 0 Å². The Labute approximate surface area is 95.9 Å². The quantitative estimate of drug-likeness (QED) is 0.720. The average molecular weight is 215 g/mol. The molecular formula is C14H17NO. The molecule has 1 aromatic heterocycles. The number of aromatic nitrogens is 1. The lowest BCUT2D eigenvalue weighted by molar-refractivity contribution is 0.101. The Hall–Kier alpha value is -1.57. The highest BCUT2D eigenvalue weighted by Gasteiger charge is 2.16. The molecule has 0 fully saturated rings. The van der Waals surface area contributed by atoms with E-state index in [1.165, 1.54) is 0 Å². The number of hydrogen-bond donors (Lipinski definition) is 0. The van der Waals surface area contributed by atoms with Gasteiger partial charge in [-0.1, -0.05) is 31.5 Å². The monoisotopic (exact) mass is 215 g/mol. The summed E-state index contributed by atoms with van der Waals surface area (Å²) in [5, 5.41) is 1.08. The van der Waals surface area contributed by atoms with Crippen LogP contribution in [0.4, 0.5) is 0 Å². The summed E-state index contributed by atoms with van der Waals surface area (Å²) >= 11 is 0. The lowest BCUT2D eigenvalue weighted by Crippen LogP contribution is -2.02. The van der Waals surface area contributed by atoms with Crippen LogP contribution in [0.25, 0.3) is 10.9 Å². The Bertz CT molecular complexity index is 537. The van der Waals surface area contributed by atoms with E-state index in [0.29, 0.717) is 0 Å². The molecule has 0 amide bonds. The van der Waals surface area contributed by atoms with E-state index >= 15 is 0 Å². The fraction of sp³-hybridized carbons (Fsp3) is 0.357. The van der Waals surface area contributed by atoms with Crippen LogP contribution in [0, 0.1) is 0 Å². The van der Waals surface area contributed by atoms with Crippen LogP contribution >= 0.6 is 0 Å². The molecule has 0 bridgehead atoms. The number of benzene rings is 1. The van der Waals surface area contributed by atoms with Crippen molar-refractivity contribution in [1.29, 1.82) is 0 Å². The summed E-state index contributed by atoms with van der Waals surface area (Å²) in [6.45, 7) is 3.79. The molecule has 0 spiro atoms. The maximum Gasteiger partial charge on any atom is 0.162 e. The van der Waals surface area contributed by atoms with Crippen LogP contribution in [-0.4, -0.2) is 10.4 Å². The number of carbonyl (C=O) groups is 1. The zero-order valence-electron chi connectivity index (χ0n) is 10.1. The second kappa shape index (κ2) is 4.12. The van der Waals surface area contributed by atoms with Crippen LogP contribution in [0.3, 0.4) is 0 Å². The smallest absolute Gasteiger partial charge is 0.162 e. The number of aryl methyl sites for hydroxylation is 1. The number of hydrogen-bond acceptors (Lipinski definition) is 1. The zero-order chi connectivity index (χ0) is 11.7. The van der Waals surface area contributed by atoms with E-state index in [2.05, 4.69) is 17.6 Å². The van der Waals surface area contributed by atoms with Gasteiger partial charge in [0.15, 0.2) is 5.78 Å².